The predicted molar refractivity (Wildman–Crippen MR) is 121 cm³/mol. The minimum Gasteiger partial charge on any atom is -0.376 e. The van der Waals surface area contributed by atoms with Crippen molar-refractivity contribution in [3.05, 3.63) is 35.4 Å². The van der Waals surface area contributed by atoms with Gasteiger partial charge in [-0.3, -0.25) is 4.79 Å². The second-order valence-corrected chi connectivity index (χ2v) is 8.51. The Morgan fingerprint density at radius 3 is 2.17 bits per heavy atom. The molecule has 0 saturated carbocycles. The molecule has 0 fully saturated rings. The standard InChI is InChI=1S/C24H37N3O2/c1-8-24(7,15-16-29-23(4,5)6)26-22(28)20(18-25)17-19-11-13-21(14-12-19)27(9-2)10-3/h11-14,17H,8-10,15-16H2,1-7H3,(H,26,28). The van der Waals surface area contributed by atoms with Gasteiger partial charge >= 0.3 is 0 Å². The van der Waals surface area contributed by atoms with Crippen LogP contribution in [-0.2, 0) is 9.53 Å². The van der Waals surface area contributed by atoms with E-state index >= 15 is 0 Å². The van der Waals surface area contributed by atoms with Crippen LogP contribution < -0.4 is 10.2 Å². The minimum atomic E-state index is -0.426. The van der Waals surface area contributed by atoms with Crippen LogP contribution in [0.2, 0.25) is 0 Å². The zero-order valence-electron chi connectivity index (χ0n) is 19.1. The van der Waals surface area contributed by atoms with E-state index in [1.165, 1.54) is 0 Å². The average molecular weight is 400 g/mol. The Bertz CT molecular complexity index is 722. The number of nitrogens with one attached hydrogen (secondary N) is 1. The molecule has 0 aliphatic carbocycles. The first-order valence-electron chi connectivity index (χ1n) is 10.5. The molecule has 5 nitrogen and oxygen atoms in total. The lowest BCUT2D eigenvalue weighted by Gasteiger charge is -2.31. The number of hydrogen-bond donors (Lipinski definition) is 1. The van der Waals surface area contributed by atoms with Crippen molar-refractivity contribution in [1.82, 2.24) is 5.32 Å². The Morgan fingerprint density at radius 1 is 1.14 bits per heavy atom. The summed E-state index contributed by atoms with van der Waals surface area (Å²) in [4.78, 5) is 15.0. The van der Waals surface area contributed by atoms with Crippen LogP contribution in [0.15, 0.2) is 29.8 Å². The van der Waals surface area contributed by atoms with E-state index in [0.29, 0.717) is 13.0 Å². The van der Waals surface area contributed by atoms with Gasteiger partial charge in [-0.1, -0.05) is 19.1 Å². The molecule has 0 bridgehead atoms. The first-order chi connectivity index (χ1) is 13.6. The topological polar surface area (TPSA) is 65.4 Å². The van der Waals surface area contributed by atoms with Crippen molar-refractivity contribution in [1.29, 1.82) is 5.26 Å². The van der Waals surface area contributed by atoms with Crippen molar-refractivity contribution in [3.63, 3.8) is 0 Å². The third kappa shape index (κ3) is 8.29. The maximum atomic E-state index is 12.7. The number of benzene rings is 1. The summed E-state index contributed by atoms with van der Waals surface area (Å²) < 4.78 is 5.80. The zero-order valence-corrected chi connectivity index (χ0v) is 19.1. The summed E-state index contributed by atoms with van der Waals surface area (Å²) in [5.41, 5.74) is 1.44. The van der Waals surface area contributed by atoms with Gasteiger partial charge in [0.25, 0.3) is 5.91 Å². The number of nitriles is 1. The molecule has 0 radical (unpaired) electrons. The quantitative estimate of drug-likeness (QED) is 0.447. The van der Waals surface area contributed by atoms with Gasteiger partial charge < -0.3 is 15.0 Å². The number of carbonyl (C=O) groups excluding carboxylic acids is 1. The summed E-state index contributed by atoms with van der Waals surface area (Å²) in [6.07, 6.45) is 3.08. The summed E-state index contributed by atoms with van der Waals surface area (Å²) in [6, 6.07) is 9.96. The lowest BCUT2D eigenvalue weighted by Crippen LogP contribution is -2.47. The molecule has 1 aromatic rings. The average Bonchev–Trinajstić information content (AvgIpc) is 2.67. The second-order valence-electron chi connectivity index (χ2n) is 8.51. The van der Waals surface area contributed by atoms with Gasteiger partial charge in [0.1, 0.15) is 11.6 Å². The normalized spacial score (nSPS) is 14.1. The number of ether oxygens (including phenoxy) is 1. The van der Waals surface area contributed by atoms with Crippen LogP contribution in [0.1, 0.15) is 66.9 Å². The van der Waals surface area contributed by atoms with Gasteiger partial charge in [0.05, 0.1) is 5.60 Å². The molecule has 0 aromatic heterocycles. The van der Waals surface area contributed by atoms with Crippen LogP contribution in [0.5, 0.6) is 0 Å². The fourth-order valence-corrected chi connectivity index (χ4v) is 2.94. The van der Waals surface area contributed by atoms with Crippen LogP contribution in [0.4, 0.5) is 5.69 Å². The smallest absolute Gasteiger partial charge is 0.262 e. The molecule has 0 aliphatic heterocycles. The minimum absolute atomic E-state index is 0.108. The van der Waals surface area contributed by atoms with E-state index in [1.54, 1.807) is 6.08 Å². The van der Waals surface area contributed by atoms with E-state index in [4.69, 9.17) is 4.74 Å². The Labute approximate surface area is 176 Å². The fourth-order valence-electron chi connectivity index (χ4n) is 2.94. The number of nitrogens with zero attached hydrogens (tertiary/aromatic N) is 2. The van der Waals surface area contributed by atoms with Gasteiger partial charge in [-0.15, -0.1) is 0 Å². The van der Waals surface area contributed by atoms with Crippen LogP contribution in [-0.4, -0.2) is 36.7 Å². The highest BCUT2D eigenvalue weighted by molar-refractivity contribution is 6.02. The van der Waals surface area contributed by atoms with Gasteiger partial charge in [-0.25, -0.2) is 0 Å². The van der Waals surface area contributed by atoms with E-state index in [0.717, 1.165) is 30.8 Å². The van der Waals surface area contributed by atoms with E-state index in [9.17, 15) is 10.1 Å². The molecule has 0 saturated heterocycles. The largest absolute Gasteiger partial charge is 0.376 e. The van der Waals surface area contributed by atoms with Crippen molar-refractivity contribution < 1.29 is 9.53 Å². The van der Waals surface area contributed by atoms with Crippen molar-refractivity contribution in [2.45, 2.75) is 72.4 Å². The highest BCUT2D eigenvalue weighted by Crippen LogP contribution is 2.20. The third-order valence-electron chi connectivity index (χ3n) is 5.08. The number of rotatable bonds is 10. The number of amides is 1. The Hall–Kier alpha value is -2.32. The lowest BCUT2D eigenvalue weighted by molar-refractivity contribution is -0.119. The molecule has 1 rings (SSSR count). The van der Waals surface area contributed by atoms with Crippen molar-refractivity contribution >= 4 is 17.7 Å². The van der Waals surface area contributed by atoms with E-state index in [1.807, 2.05) is 65.0 Å². The number of carbonyl (C=O) groups is 1. The molecule has 160 valence electrons. The maximum absolute atomic E-state index is 12.7. The molecule has 0 aliphatic rings. The third-order valence-corrected chi connectivity index (χ3v) is 5.08. The molecule has 5 heteroatoms. The first kappa shape index (κ1) is 24.7. The summed E-state index contributed by atoms with van der Waals surface area (Å²) in [5.74, 6) is -0.347. The van der Waals surface area contributed by atoms with Gasteiger partial charge in [-0.05, 0) is 78.2 Å². The van der Waals surface area contributed by atoms with Crippen molar-refractivity contribution in [2.24, 2.45) is 0 Å². The van der Waals surface area contributed by atoms with Gasteiger partial charge in [0.15, 0.2) is 0 Å². The lowest BCUT2D eigenvalue weighted by atomic mass is 9.94. The van der Waals surface area contributed by atoms with Crippen molar-refractivity contribution in [3.8, 4) is 6.07 Å². The second kappa shape index (κ2) is 11.0. The molecule has 1 atom stereocenters. The Balaban J connectivity index is 2.87. The van der Waals surface area contributed by atoms with E-state index < -0.39 is 5.54 Å². The zero-order chi connectivity index (χ0) is 22.1. The molecular weight excluding hydrogens is 362 g/mol. The molecule has 1 unspecified atom stereocenters. The highest BCUT2D eigenvalue weighted by atomic mass is 16.5. The van der Waals surface area contributed by atoms with Crippen LogP contribution >= 0.6 is 0 Å². The fraction of sp³-hybridized carbons (Fsp3) is 0.583. The summed E-state index contributed by atoms with van der Waals surface area (Å²) in [6.45, 7) is 16.7. The van der Waals surface area contributed by atoms with Gasteiger partial charge in [-0.2, -0.15) is 5.26 Å². The van der Waals surface area contributed by atoms with Crippen LogP contribution in [0.25, 0.3) is 6.08 Å². The first-order valence-corrected chi connectivity index (χ1v) is 10.5. The Morgan fingerprint density at radius 2 is 1.72 bits per heavy atom. The molecule has 29 heavy (non-hydrogen) atoms. The van der Waals surface area contributed by atoms with E-state index in [-0.39, 0.29) is 17.1 Å². The van der Waals surface area contributed by atoms with E-state index in [2.05, 4.69) is 24.1 Å². The maximum Gasteiger partial charge on any atom is 0.262 e. The molecule has 1 aromatic carbocycles. The SMILES string of the molecule is CCN(CC)c1ccc(C=C(C#N)C(=O)NC(C)(CC)CCOC(C)(C)C)cc1. The van der Waals surface area contributed by atoms with Crippen molar-refractivity contribution in [2.75, 3.05) is 24.6 Å². The highest BCUT2D eigenvalue weighted by Gasteiger charge is 2.26. The van der Waals surface area contributed by atoms with Crippen LogP contribution in [0, 0.1) is 11.3 Å². The molecule has 0 spiro atoms. The summed E-state index contributed by atoms with van der Waals surface area (Å²) >= 11 is 0. The number of hydrogen-bond acceptors (Lipinski definition) is 4. The Kier molecular flexibility index (Phi) is 9.39. The van der Waals surface area contributed by atoms with Crippen LogP contribution in [0.3, 0.4) is 0 Å². The monoisotopic (exact) mass is 399 g/mol. The molecule has 1 amide bonds. The summed E-state index contributed by atoms with van der Waals surface area (Å²) in [5, 5.41) is 12.5. The molecule has 0 heterocycles. The summed E-state index contributed by atoms with van der Waals surface area (Å²) in [7, 11) is 0. The van der Waals surface area contributed by atoms with Gasteiger partial charge in [0.2, 0.25) is 0 Å². The predicted octanol–water partition coefficient (Wildman–Crippen LogP) is 4.93. The molecular formula is C24H37N3O2. The van der Waals surface area contributed by atoms with Gasteiger partial charge in [0, 0.05) is 30.9 Å². The number of anilines is 1. The molecule has 1 N–H and O–H groups in total.